The van der Waals surface area contributed by atoms with Gasteiger partial charge in [0.2, 0.25) is 17.7 Å². The predicted molar refractivity (Wildman–Crippen MR) is 69.5 cm³/mol. The Bertz CT molecular complexity index is 494. The second-order valence-electron chi connectivity index (χ2n) is 4.70. The van der Waals surface area contributed by atoms with Crippen LogP contribution in [0.1, 0.15) is 25.3 Å². The highest BCUT2D eigenvalue weighted by Gasteiger charge is 2.24. The molecular weight excluding hydrogens is 264 g/mol. The normalized spacial score (nSPS) is 17.1. The van der Waals surface area contributed by atoms with Gasteiger partial charge in [0, 0.05) is 33.1 Å². The Kier molecular flexibility index (Phi) is 4.18. The zero-order valence-electron chi connectivity index (χ0n) is 11.3. The number of piperazine rings is 1. The van der Waals surface area contributed by atoms with Crippen LogP contribution in [0.2, 0.25) is 0 Å². The first-order valence-electron chi connectivity index (χ1n) is 6.35. The summed E-state index contributed by atoms with van der Waals surface area (Å²) in [7, 11) is 0. The maximum Gasteiger partial charge on any atom is 0.266 e. The van der Waals surface area contributed by atoms with E-state index >= 15 is 0 Å². The van der Waals surface area contributed by atoms with Crippen molar-refractivity contribution in [2.45, 2.75) is 19.4 Å². The first-order chi connectivity index (χ1) is 9.47. The molecule has 1 fully saturated rings. The number of anilines is 1. The molecule has 1 aliphatic rings. The minimum atomic E-state index is -0.688. The molecule has 1 aliphatic heterocycles. The maximum absolute atomic E-state index is 11.2. The molecule has 9 heteroatoms. The van der Waals surface area contributed by atoms with E-state index in [1.807, 2.05) is 4.90 Å². The second kappa shape index (κ2) is 5.87. The summed E-state index contributed by atoms with van der Waals surface area (Å²) in [6.07, 6.45) is -0.0419. The molecule has 4 N–H and O–H groups in total. The smallest absolute Gasteiger partial charge is 0.266 e. The van der Waals surface area contributed by atoms with E-state index in [1.54, 1.807) is 11.8 Å². The lowest BCUT2D eigenvalue weighted by molar-refractivity contribution is -0.129. The fourth-order valence-electron chi connectivity index (χ4n) is 2.03. The number of carbonyl (C=O) groups excluding carboxylic acids is 2. The second-order valence-corrected chi connectivity index (χ2v) is 4.70. The summed E-state index contributed by atoms with van der Waals surface area (Å²) in [4.78, 5) is 29.9. The molecule has 0 aliphatic carbocycles. The third-order valence-electron chi connectivity index (χ3n) is 3.18. The molecule has 1 saturated heterocycles. The molecule has 1 atom stereocenters. The van der Waals surface area contributed by atoms with Crippen LogP contribution >= 0.6 is 0 Å². The molecule has 0 aromatic carbocycles. The standard InChI is InChI=1S/C11H18N6O3/c1-7(18)16-2-4-17(5-3-16)11-14-10(20-15-11)8(12)6-9(13)19/h8H,2-6,12H2,1H3,(H2,13,19). The number of nitrogens with zero attached hydrogens (tertiary/aromatic N) is 4. The number of rotatable bonds is 4. The first kappa shape index (κ1) is 14.3. The van der Waals surface area contributed by atoms with Gasteiger partial charge in [-0.25, -0.2) is 0 Å². The van der Waals surface area contributed by atoms with E-state index in [9.17, 15) is 9.59 Å². The molecule has 110 valence electrons. The highest BCUT2D eigenvalue weighted by molar-refractivity contribution is 5.74. The van der Waals surface area contributed by atoms with Gasteiger partial charge in [0.25, 0.3) is 5.95 Å². The third-order valence-corrected chi connectivity index (χ3v) is 3.18. The van der Waals surface area contributed by atoms with Crippen LogP contribution in [0.5, 0.6) is 0 Å². The van der Waals surface area contributed by atoms with Crippen molar-refractivity contribution in [2.24, 2.45) is 11.5 Å². The van der Waals surface area contributed by atoms with Gasteiger partial charge in [0.1, 0.15) is 0 Å². The Balaban J connectivity index is 1.96. The van der Waals surface area contributed by atoms with E-state index in [0.717, 1.165) is 0 Å². The van der Waals surface area contributed by atoms with Crippen molar-refractivity contribution < 1.29 is 14.1 Å². The fourth-order valence-corrected chi connectivity index (χ4v) is 2.03. The Morgan fingerprint density at radius 1 is 1.35 bits per heavy atom. The predicted octanol–water partition coefficient (Wildman–Crippen LogP) is -1.39. The highest BCUT2D eigenvalue weighted by atomic mass is 16.5. The average Bonchev–Trinajstić information content (AvgIpc) is 2.87. The van der Waals surface area contributed by atoms with E-state index in [-0.39, 0.29) is 18.2 Å². The monoisotopic (exact) mass is 282 g/mol. The van der Waals surface area contributed by atoms with Gasteiger partial charge < -0.3 is 25.8 Å². The molecule has 1 aromatic rings. The van der Waals surface area contributed by atoms with E-state index in [0.29, 0.717) is 32.1 Å². The zero-order chi connectivity index (χ0) is 14.7. The molecule has 0 spiro atoms. The van der Waals surface area contributed by atoms with Crippen LogP contribution < -0.4 is 16.4 Å². The number of amides is 2. The molecule has 2 rings (SSSR count). The summed E-state index contributed by atoms with van der Waals surface area (Å²) in [6, 6.07) is -0.688. The Labute approximate surface area is 115 Å². The lowest BCUT2D eigenvalue weighted by Gasteiger charge is -2.33. The minimum absolute atomic E-state index is 0.0419. The fraction of sp³-hybridized carbons (Fsp3) is 0.636. The van der Waals surface area contributed by atoms with Gasteiger partial charge in [0.15, 0.2) is 0 Å². The van der Waals surface area contributed by atoms with Crippen LogP contribution in [0.25, 0.3) is 0 Å². The maximum atomic E-state index is 11.2. The quantitative estimate of drug-likeness (QED) is 0.695. The van der Waals surface area contributed by atoms with Crippen molar-refractivity contribution in [3.63, 3.8) is 0 Å². The van der Waals surface area contributed by atoms with Crippen molar-refractivity contribution in [1.29, 1.82) is 0 Å². The number of aromatic nitrogens is 2. The van der Waals surface area contributed by atoms with Crippen LogP contribution in [-0.2, 0) is 9.59 Å². The highest BCUT2D eigenvalue weighted by Crippen LogP contribution is 2.17. The summed E-state index contributed by atoms with van der Waals surface area (Å²) >= 11 is 0. The van der Waals surface area contributed by atoms with Gasteiger partial charge in [-0.2, -0.15) is 4.98 Å². The van der Waals surface area contributed by atoms with Crippen molar-refractivity contribution >= 4 is 17.8 Å². The van der Waals surface area contributed by atoms with E-state index in [2.05, 4.69) is 10.1 Å². The van der Waals surface area contributed by atoms with Gasteiger partial charge in [-0.05, 0) is 5.16 Å². The molecule has 0 saturated carbocycles. The van der Waals surface area contributed by atoms with Gasteiger partial charge in [-0.1, -0.05) is 0 Å². The van der Waals surface area contributed by atoms with E-state index in [4.69, 9.17) is 16.0 Å². The molecule has 0 radical (unpaired) electrons. The lowest BCUT2D eigenvalue weighted by Crippen LogP contribution is -2.48. The van der Waals surface area contributed by atoms with Crippen molar-refractivity contribution in [3.8, 4) is 0 Å². The number of nitrogens with two attached hydrogens (primary N) is 2. The first-order valence-corrected chi connectivity index (χ1v) is 6.35. The van der Waals surface area contributed by atoms with Gasteiger partial charge in [-0.15, -0.1) is 0 Å². The largest absolute Gasteiger partial charge is 0.370 e. The minimum Gasteiger partial charge on any atom is -0.370 e. The van der Waals surface area contributed by atoms with Gasteiger partial charge >= 0.3 is 0 Å². The van der Waals surface area contributed by atoms with Crippen LogP contribution in [0.15, 0.2) is 4.52 Å². The van der Waals surface area contributed by atoms with Crippen molar-refractivity contribution in [3.05, 3.63) is 5.89 Å². The Hall–Kier alpha value is -2.16. The van der Waals surface area contributed by atoms with Crippen LogP contribution in [-0.4, -0.2) is 53.0 Å². The number of hydrogen-bond donors (Lipinski definition) is 2. The van der Waals surface area contributed by atoms with E-state index < -0.39 is 11.9 Å². The Morgan fingerprint density at radius 3 is 2.55 bits per heavy atom. The van der Waals surface area contributed by atoms with E-state index in [1.165, 1.54) is 0 Å². The number of primary amides is 1. The molecule has 20 heavy (non-hydrogen) atoms. The van der Waals surface area contributed by atoms with Gasteiger partial charge in [-0.3, -0.25) is 9.59 Å². The van der Waals surface area contributed by atoms with Crippen LogP contribution in [0, 0.1) is 0 Å². The van der Waals surface area contributed by atoms with Crippen molar-refractivity contribution in [1.82, 2.24) is 15.0 Å². The molecule has 2 heterocycles. The number of hydrogen-bond acceptors (Lipinski definition) is 7. The molecule has 2 amide bonds. The van der Waals surface area contributed by atoms with Crippen LogP contribution in [0.4, 0.5) is 5.95 Å². The lowest BCUT2D eigenvalue weighted by atomic mass is 10.2. The molecule has 0 bridgehead atoms. The van der Waals surface area contributed by atoms with Gasteiger partial charge in [0.05, 0.1) is 12.5 Å². The molecule has 9 nitrogen and oxygen atoms in total. The van der Waals surface area contributed by atoms with Crippen LogP contribution in [0.3, 0.4) is 0 Å². The zero-order valence-corrected chi connectivity index (χ0v) is 11.3. The summed E-state index contributed by atoms with van der Waals surface area (Å²) in [5.41, 5.74) is 10.8. The van der Waals surface area contributed by atoms with Crippen molar-refractivity contribution in [2.75, 3.05) is 31.1 Å². The summed E-state index contributed by atoms with van der Waals surface area (Å²) < 4.78 is 5.04. The molecule has 1 aromatic heterocycles. The topological polar surface area (TPSA) is 132 Å². The third kappa shape index (κ3) is 3.23. The summed E-state index contributed by atoms with van der Waals surface area (Å²) in [6.45, 7) is 4.04. The summed E-state index contributed by atoms with van der Waals surface area (Å²) in [5, 5.41) is 3.84. The molecule has 1 unspecified atom stereocenters. The number of carbonyl (C=O) groups is 2. The Morgan fingerprint density at radius 2 is 2.00 bits per heavy atom. The SMILES string of the molecule is CC(=O)N1CCN(c2noc(C(N)CC(N)=O)n2)CC1. The summed E-state index contributed by atoms with van der Waals surface area (Å²) in [5.74, 6) is 0.144. The molecular formula is C11H18N6O3. The average molecular weight is 282 g/mol.